The summed E-state index contributed by atoms with van der Waals surface area (Å²) in [6.45, 7) is 0.682. The molecule has 0 saturated heterocycles. The van der Waals surface area contributed by atoms with Crippen LogP contribution in [0.3, 0.4) is 0 Å². The summed E-state index contributed by atoms with van der Waals surface area (Å²) in [5, 5.41) is 0. The van der Waals surface area contributed by atoms with E-state index in [0.29, 0.717) is 18.0 Å². The van der Waals surface area contributed by atoms with Crippen molar-refractivity contribution in [2.45, 2.75) is 6.54 Å². The van der Waals surface area contributed by atoms with Crippen molar-refractivity contribution in [1.29, 1.82) is 0 Å². The molecule has 0 bridgehead atoms. The minimum atomic E-state index is -0.0915. The second kappa shape index (κ2) is 5.21. The van der Waals surface area contributed by atoms with Crippen LogP contribution in [0.4, 0.5) is 5.69 Å². The summed E-state index contributed by atoms with van der Waals surface area (Å²) in [7, 11) is 0. The molecular formula is C16H12BrNO4. The fourth-order valence-corrected chi connectivity index (χ4v) is 2.99. The van der Waals surface area contributed by atoms with Crippen molar-refractivity contribution in [2.75, 3.05) is 18.3 Å². The van der Waals surface area contributed by atoms with Gasteiger partial charge >= 0.3 is 0 Å². The van der Waals surface area contributed by atoms with Gasteiger partial charge in [0.15, 0.2) is 18.1 Å². The highest BCUT2D eigenvalue weighted by atomic mass is 79.9. The number of amides is 1. The van der Waals surface area contributed by atoms with Crippen molar-refractivity contribution in [3.63, 3.8) is 0 Å². The molecule has 0 aliphatic carbocycles. The van der Waals surface area contributed by atoms with Gasteiger partial charge in [0.25, 0.3) is 5.91 Å². The van der Waals surface area contributed by atoms with Crippen LogP contribution in [0.1, 0.15) is 5.56 Å². The second-order valence-electron chi connectivity index (χ2n) is 5.06. The smallest absolute Gasteiger partial charge is 0.265 e. The molecule has 0 spiro atoms. The Labute approximate surface area is 135 Å². The number of ether oxygens (including phenoxy) is 3. The van der Waals surface area contributed by atoms with Crippen LogP contribution >= 0.6 is 15.9 Å². The number of halogens is 1. The molecule has 2 aromatic rings. The van der Waals surface area contributed by atoms with Crippen LogP contribution in [0.5, 0.6) is 17.2 Å². The summed E-state index contributed by atoms with van der Waals surface area (Å²) in [5.41, 5.74) is 1.73. The lowest BCUT2D eigenvalue weighted by Crippen LogP contribution is -2.32. The molecular weight excluding hydrogens is 350 g/mol. The maximum Gasteiger partial charge on any atom is 0.265 e. The van der Waals surface area contributed by atoms with Gasteiger partial charge in [-0.15, -0.1) is 0 Å². The number of hydrogen-bond acceptors (Lipinski definition) is 4. The van der Waals surface area contributed by atoms with E-state index in [-0.39, 0.29) is 19.3 Å². The highest BCUT2D eigenvalue weighted by Crippen LogP contribution is 2.37. The maximum absolute atomic E-state index is 12.4. The van der Waals surface area contributed by atoms with Gasteiger partial charge in [0, 0.05) is 21.8 Å². The molecule has 0 fully saturated rings. The maximum atomic E-state index is 12.4. The van der Waals surface area contributed by atoms with E-state index in [9.17, 15) is 4.79 Å². The molecule has 2 aromatic carbocycles. The molecule has 4 rings (SSSR count). The summed E-state index contributed by atoms with van der Waals surface area (Å²) in [6.07, 6.45) is 0. The zero-order valence-corrected chi connectivity index (χ0v) is 13.1. The summed E-state index contributed by atoms with van der Waals surface area (Å²) >= 11 is 3.45. The Morgan fingerprint density at radius 1 is 0.955 bits per heavy atom. The molecule has 0 N–H and O–H groups in total. The van der Waals surface area contributed by atoms with Gasteiger partial charge in [-0.2, -0.15) is 0 Å². The van der Waals surface area contributed by atoms with Crippen LogP contribution in [-0.2, 0) is 11.3 Å². The Morgan fingerprint density at radius 2 is 1.77 bits per heavy atom. The van der Waals surface area contributed by atoms with E-state index in [4.69, 9.17) is 14.2 Å². The quantitative estimate of drug-likeness (QED) is 0.782. The highest BCUT2D eigenvalue weighted by molar-refractivity contribution is 9.10. The van der Waals surface area contributed by atoms with Gasteiger partial charge in [-0.25, -0.2) is 0 Å². The van der Waals surface area contributed by atoms with E-state index in [2.05, 4.69) is 15.9 Å². The summed E-state index contributed by atoms with van der Waals surface area (Å²) < 4.78 is 17.2. The summed E-state index contributed by atoms with van der Waals surface area (Å²) in [6, 6.07) is 11.2. The lowest BCUT2D eigenvalue weighted by atomic mass is 10.1. The molecule has 0 radical (unpaired) electrons. The topological polar surface area (TPSA) is 48.0 Å². The first-order valence-corrected chi connectivity index (χ1v) is 7.61. The Balaban J connectivity index is 1.72. The van der Waals surface area contributed by atoms with Crippen LogP contribution < -0.4 is 19.1 Å². The third kappa shape index (κ3) is 2.29. The molecule has 0 aromatic heterocycles. The molecule has 2 aliphatic heterocycles. The number of carbonyl (C=O) groups is 1. The van der Waals surface area contributed by atoms with E-state index < -0.39 is 0 Å². The van der Waals surface area contributed by atoms with Crippen LogP contribution in [0.25, 0.3) is 0 Å². The van der Waals surface area contributed by atoms with Crippen molar-refractivity contribution in [3.05, 3.63) is 46.4 Å². The molecule has 0 saturated carbocycles. The first-order valence-electron chi connectivity index (χ1n) is 6.82. The molecule has 0 unspecified atom stereocenters. The zero-order valence-electron chi connectivity index (χ0n) is 11.5. The molecule has 112 valence electrons. The monoisotopic (exact) mass is 361 g/mol. The fraction of sp³-hybridized carbons (Fsp3) is 0.188. The van der Waals surface area contributed by atoms with Crippen molar-refractivity contribution >= 4 is 27.5 Å². The molecule has 0 atom stereocenters. The molecule has 2 heterocycles. The highest BCUT2D eigenvalue weighted by Gasteiger charge is 2.25. The van der Waals surface area contributed by atoms with Crippen LogP contribution in [-0.4, -0.2) is 19.3 Å². The molecule has 5 nitrogen and oxygen atoms in total. The summed E-state index contributed by atoms with van der Waals surface area (Å²) in [4.78, 5) is 14.1. The predicted molar refractivity (Wildman–Crippen MR) is 83.4 cm³/mol. The Morgan fingerprint density at radius 3 is 2.68 bits per heavy atom. The van der Waals surface area contributed by atoms with E-state index in [0.717, 1.165) is 21.5 Å². The van der Waals surface area contributed by atoms with Gasteiger partial charge in [0.05, 0.1) is 6.54 Å². The third-order valence-corrected chi connectivity index (χ3v) is 4.16. The van der Waals surface area contributed by atoms with Gasteiger partial charge in [0.2, 0.25) is 6.79 Å². The average Bonchev–Trinajstić information content (AvgIpc) is 2.92. The third-order valence-electron chi connectivity index (χ3n) is 3.67. The number of fused-ring (bicyclic) bond motifs is 2. The van der Waals surface area contributed by atoms with Gasteiger partial charge in [0.1, 0.15) is 5.75 Å². The number of anilines is 1. The minimum Gasteiger partial charge on any atom is -0.483 e. The van der Waals surface area contributed by atoms with Crippen LogP contribution in [0, 0.1) is 0 Å². The largest absolute Gasteiger partial charge is 0.483 e. The van der Waals surface area contributed by atoms with Gasteiger partial charge in [-0.05, 0) is 30.3 Å². The zero-order chi connectivity index (χ0) is 15.1. The van der Waals surface area contributed by atoms with Crippen molar-refractivity contribution < 1.29 is 19.0 Å². The molecule has 2 aliphatic rings. The van der Waals surface area contributed by atoms with Gasteiger partial charge in [-0.3, -0.25) is 4.79 Å². The fourth-order valence-electron chi connectivity index (χ4n) is 2.58. The van der Waals surface area contributed by atoms with Gasteiger partial charge < -0.3 is 19.1 Å². The lowest BCUT2D eigenvalue weighted by Gasteiger charge is -2.20. The summed E-state index contributed by atoms with van der Waals surface area (Å²) in [5.74, 6) is 2.00. The normalized spacial score (nSPS) is 16.0. The predicted octanol–water partition coefficient (Wildman–Crippen LogP) is 3.10. The number of benzene rings is 2. The first-order chi connectivity index (χ1) is 10.7. The Kier molecular flexibility index (Phi) is 3.18. The Hall–Kier alpha value is -2.21. The Bertz CT molecular complexity index is 762. The number of nitrogens with zero attached hydrogens (tertiary/aromatic N) is 1. The van der Waals surface area contributed by atoms with Crippen molar-refractivity contribution in [3.8, 4) is 17.2 Å². The number of carbonyl (C=O) groups excluding carboxylic acids is 1. The van der Waals surface area contributed by atoms with E-state index in [1.165, 1.54) is 0 Å². The standard InChI is InChI=1S/C16H12BrNO4/c17-11-1-3-13-10(5-11)7-18(16(19)8-20-13)12-2-4-14-15(6-12)22-9-21-14/h1-6H,7-9H2. The SMILES string of the molecule is O=C1COc2ccc(Br)cc2CN1c1ccc2c(c1)OCO2. The first kappa shape index (κ1) is 13.5. The van der Waals surface area contributed by atoms with Crippen molar-refractivity contribution in [2.24, 2.45) is 0 Å². The molecule has 6 heteroatoms. The molecule has 22 heavy (non-hydrogen) atoms. The second-order valence-corrected chi connectivity index (χ2v) is 5.97. The minimum absolute atomic E-state index is 0.0169. The molecule has 1 amide bonds. The van der Waals surface area contributed by atoms with Crippen molar-refractivity contribution in [1.82, 2.24) is 0 Å². The number of rotatable bonds is 1. The lowest BCUT2D eigenvalue weighted by molar-refractivity contribution is -0.120. The van der Waals surface area contributed by atoms with E-state index in [1.54, 1.807) is 4.90 Å². The van der Waals surface area contributed by atoms with Crippen LogP contribution in [0.15, 0.2) is 40.9 Å². The van der Waals surface area contributed by atoms with Crippen LogP contribution in [0.2, 0.25) is 0 Å². The van der Waals surface area contributed by atoms with E-state index >= 15 is 0 Å². The van der Waals surface area contributed by atoms with E-state index in [1.807, 2.05) is 36.4 Å². The van der Waals surface area contributed by atoms with Gasteiger partial charge in [-0.1, -0.05) is 15.9 Å². The average molecular weight is 362 g/mol. The number of hydrogen-bond donors (Lipinski definition) is 0.